The molecule has 11 nitrogen and oxygen atoms in total. The molecule has 0 saturated carbocycles. The van der Waals surface area contributed by atoms with Crippen LogP contribution in [0.2, 0.25) is 10.0 Å². The van der Waals surface area contributed by atoms with E-state index < -0.39 is 0 Å². The van der Waals surface area contributed by atoms with Crippen molar-refractivity contribution in [1.82, 2.24) is 40.4 Å². The van der Waals surface area contributed by atoms with Crippen molar-refractivity contribution in [1.29, 1.82) is 0 Å². The number of phenolic OH excluding ortho intramolecular Hbond substituents is 1. The molecule has 66 heavy (non-hydrogen) atoms. The van der Waals surface area contributed by atoms with Crippen LogP contribution >= 0.6 is 45.9 Å². The Labute approximate surface area is 410 Å². The van der Waals surface area contributed by atoms with E-state index in [-0.39, 0.29) is 13.2 Å². The predicted octanol–water partition coefficient (Wildman–Crippen LogP) is 11.2. The minimum atomic E-state index is 0. The van der Waals surface area contributed by atoms with E-state index in [0.29, 0.717) is 35.5 Å². The van der Waals surface area contributed by atoms with Gasteiger partial charge in [0.05, 0.1) is 26.2 Å². The summed E-state index contributed by atoms with van der Waals surface area (Å²) in [6.45, 7) is 16.8. The quantitative estimate of drug-likeness (QED) is 0.0533. The van der Waals surface area contributed by atoms with E-state index in [1.807, 2.05) is 60.1 Å². The van der Waals surface area contributed by atoms with Gasteiger partial charge in [0.1, 0.15) is 5.75 Å². The molecule has 8 rings (SSSR count). The lowest BCUT2D eigenvalue weighted by molar-refractivity contribution is 0.155. The lowest BCUT2D eigenvalue weighted by Crippen LogP contribution is -2.42. The number of halogens is 2. The van der Waals surface area contributed by atoms with Crippen LogP contribution in [0.1, 0.15) is 79.8 Å². The number of hydrogen-bond acceptors (Lipinski definition) is 13. The van der Waals surface area contributed by atoms with Crippen LogP contribution in [0.5, 0.6) is 5.75 Å². The van der Waals surface area contributed by atoms with Gasteiger partial charge >= 0.3 is 0 Å². The summed E-state index contributed by atoms with van der Waals surface area (Å²) in [6, 6.07) is 25.7. The minimum absolute atomic E-state index is 0. The fourth-order valence-corrected chi connectivity index (χ4v) is 10.8. The Kier molecular flexibility index (Phi) is 20.5. The molecule has 2 saturated heterocycles. The van der Waals surface area contributed by atoms with Crippen LogP contribution in [0.4, 0.5) is 11.9 Å². The molecule has 0 atom stereocenters. The summed E-state index contributed by atoms with van der Waals surface area (Å²) in [7, 11) is 0. The summed E-state index contributed by atoms with van der Waals surface area (Å²) in [6.07, 6.45) is 11.4. The van der Waals surface area contributed by atoms with Crippen molar-refractivity contribution in [2.24, 2.45) is 0 Å². The summed E-state index contributed by atoms with van der Waals surface area (Å²) in [5, 5.41) is 24.3. The van der Waals surface area contributed by atoms with Crippen LogP contribution in [0.3, 0.4) is 0 Å². The number of thiophene rings is 2. The Morgan fingerprint density at radius 2 is 1.17 bits per heavy atom. The molecule has 5 N–H and O–H groups in total. The monoisotopic (exact) mass is 970 g/mol. The van der Waals surface area contributed by atoms with E-state index in [9.17, 15) is 5.11 Å². The number of benzene rings is 2. The summed E-state index contributed by atoms with van der Waals surface area (Å²) >= 11 is 15.9. The summed E-state index contributed by atoms with van der Waals surface area (Å²) in [5.41, 5.74) is 5.28. The van der Waals surface area contributed by atoms with E-state index in [1.165, 1.54) is 57.2 Å². The van der Waals surface area contributed by atoms with Crippen molar-refractivity contribution in [3.63, 3.8) is 0 Å². The molecule has 0 aliphatic carbocycles. The fraction of sp³-hybridized carbons (Fsp3) is 0.451. The van der Waals surface area contributed by atoms with Crippen LogP contribution < -0.4 is 21.3 Å². The first-order valence-corrected chi connectivity index (χ1v) is 25.6. The molecule has 354 valence electrons. The van der Waals surface area contributed by atoms with Crippen LogP contribution in [0.15, 0.2) is 85.2 Å². The number of aryl methyl sites for hydroxylation is 1. The van der Waals surface area contributed by atoms with Gasteiger partial charge in [0.25, 0.3) is 0 Å². The number of nitrogens with zero attached hydrogens (tertiary/aromatic N) is 6. The number of hydrogen-bond donors (Lipinski definition) is 5. The van der Waals surface area contributed by atoms with Crippen LogP contribution in [-0.4, -0.2) is 99.3 Å². The molecule has 15 heteroatoms. The predicted molar refractivity (Wildman–Crippen MR) is 280 cm³/mol. The van der Waals surface area contributed by atoms with E-state index in [2.05, 4.69) is 91.3 Å². The largest absolute Gasteiger partial charge is 0.506 e. The first-order chi connectivity index (χ1) is 31.7. The molecule has 2 aliphatic rings. The molecule has 4 aromatic heterocycles. The van der Waals surface area contributed by atoms with E-state index in [4.69, 9.17) is 33.2 Å². The molecule has 0 unspecified atom stereocenters. The number of anilines is 2. The van der Waals surface area contributed by atoms with Gasteiger partial charge < -0.3 is 26.4 Å². The Morgan fingerprint density at radius 3 is 1.67 bits per heavy atom. The molecule has 0 bridgehead atoms. The third kappa shape index (κ3) is 15.2. The van der Waals surface area contributed by atoms with Crippen molar-refractivity contribution in [2.75, 3.05) is 63.0 Å². The number of rotatable bonds is 19. The van der Waals surface area contributed by atoms with Crippen molar-refractivity contribution in [2.45, 2.75) is 98.3 Å². The maximum absolute atomic E-state index is 9.56. The van der Waals surface area contributed by atoms with Crippen molar-refractivity contribution < 1.29 is 5.11 Å². The smallest absolute Gasteiger partial charge is 0.223 e. The highest BCUT2D eigenvalue weighted by molar-refractivity contribution is 7.15. The number of phenols is 1. The van der Waals surface area contributed by atoms with Crippen LogP contribution in [-0.2, 0) is 25.9 Å². The van der Waals surface area contributed by atoms with Gasteiger partial charge in [0.2, 0.25) is 11.9 Å². The first-order valence-electron chi connectivity index (χ1n) is 23.2. The minimum Gasteiger partial charge on any atom is -0.506 e. The van der Waals surface area contributed by atoms with Gasteiger partial charge in [0.15, 0.2) is 0 Å². The second kappa shape index (κ2) is 26.4. The molecular formula is C51H68Cl2N10OS2. The maximum Gasteiger partial charge on any atom is 0.223 e. The molecule has 2 aromatic carbocycles. The van der Waals surface area contributed by atoms with E-state index in [0.717, 1.165) is 99.3 Å². The number of piperidine rings is 2. The second-order valence-corrected chi connectivity index (χ2v) is 19.9. The van der Waals surface area contributed by atoms with Gasteiger partial charge in [-0.3, -0.25) is 9.80 Å². The lowest BCUT2D eigenvalue weighted by Gasteiger charge is -2.34. The Hall–Kier alpha value is -4.18. The summed E-state index contributed by atoms with van der Waals surface area (Å²) in [4.78, 5) is 28.6. The zero-order chi connectivity index (χ0) is 45.4. The Morgan fingerprint density at radius 1 is 0.667 bits per heavy atom. The van der Waals surface area contributed by atoms with Crippen LogP contribution in [0, 0.1) is 6.92 Å². The van der Waals surface area contributed by atoms with Gasteiger partial charge in [-0.1, -0.05) is 62.7 Å². The molecule has 0 spiro atoms. The second-order valence-electron chi connectivity index (χ2n) is 16.8. The third-order valence-corrected chi connectivity index (χ3v) is 15.0. The topological polar surface area (TPSA) is 126 Å². The molecule has 6 aromatic rings. The van der Waals surface area contributed by atoms with Gasteiger partial charge in [0, 0.05) is 65.4 Å². The van der Waals surface area contributed by atoms with Crippen LogP contribution in [0.25, 0.3) is 21.1 Å². The van der Waals surface area contributed by atoms with Gasteiger partial charge in [-0.05, 0) is 162 Å². The zero-order valence-electron chi connectivity index (χ0n) is 38.0. The zero-order valence-corrected chi connectivity index (χ0v) is 41.1. The standard InChI is InChI=1S/C25H32ClN5OS.C25H32ClN5S.CH4/c1-2-15-31(19-8-11-27-12-9-19)17-20-4-6-24(33-20)22-10-14-29-25(30-22)28-13-7-18-3-5-23(32)21(26)16-18;1-3-31(20-9-12-27-13-10-20)17-21-6-7-24(32-21)23-11-15-29-25(30-23)28-14-8-19-5-4-18(2)22(26)16-19;/h3-6,10,14,16,19,27,32H,2,7-9,11-13,15,17H2,1H3,(H,28,29,30);4-7,11,15-16,20,27H,3,8-10,12-14,17H2,1-2H3,(H,28,29,30);1H4. The van der Waals surface area contributed by atoms with E-state index in [1.54, 1.807) is 18.3 Å². The number of aromatic hydroxyl groups is 1. The highest BCUT2D eigenvalue weighted by atomic mass is 35.5. The normalized spacial score (nSPS) is 14.5. The molecule has 0 radical (unpaired) electrons. The SMILES string of the molecule is C.CCCN(Cc1ccc(-c2ccnc(NCCc3ccc(O)c(Cl)c3)n2)s1)C1CCNCC1.CCN(Cc1ccc(-c2ccnc(NCCc3ccc(C)c(Cl)c3)n2)s1)C1CCNCC1. The Bertz CT molecular complexity index is 2380. The number of aromatic nitrogens is 4. The maximum atomic E-state index is 9.56. The number of nitrogens with one attached hydrogen (secondary N) is 4. The third-order valence-electron chi connectivity index (χ3n) is 12.1. The molecule has 2 aliphatic heterocycles. The Balaban J connectivity index is 0.000000215. The van der Waals surface area contributed by atoms with Crippen molar-refractivity contribution >= 4 is 57.8 Å². The van der Waals surface area contributed by atoms with Gasteiger partial charge in [-0.25, -0.2) is 19.9 Å². The highest BCUT2D eigenvalue weighted by Gasteiger charge is 2.22. The average molecular weight is 972 g/mol. The highest BCUT2D eigenvalue weighted by Crippen LogP contribution is 2.31. The summed E-state index contributed by atoms with van der Waals surface area (Å²) in [5.74, 6) is 1.39. The van der Waals surface area contributed by atoms with E-state index >= 15 is 0 Å². The molecule has 2 fully saturated rings. The average Bonchev–Trinajstić information content (AvgIpc) is 4.02. The molecular weight excluding hydrogens is 904 g/mol. The lowest BCUT2D eigenvalue weighted by atomic mass is 10.0. The fourth-order valence-electron chi connectivity index (χ4n) is 8.42. The molecule has 6 heterocycles. The van der Waals surface area contributed by atoms with Crippen molar-refractivity contribution in [3.05, 3.63) is 122 Å². The van der Waals surface area contributed by atoms with Gasteiger partial charge in [-0.2, -0.15) is 0 Å². The first kappa shape index (κ1) is 51.2. The summed E-state index contributed by atoms with van der Waals surface area (Å²) < 4.78 is 0. The van der Waals surface area contributed by atoms with Crippen molar-refractivity contribution in [3.8, 4) is 26.9 Å². The molecule has 0 amide bonds. The van der Waals surface area contributed by atoms with Gasteiger partial charge in [-0.15, -0.1) is 22.7 Å².